The molecule has 33 heavy (non-hydrogen) atoms. The van der Waals surface area contributed by atoms with Crippen molar-refractivity contribution in [2.24, 2.45) is 11.8 Å². The molecule has 0 spiro atoms. The fourth-order valence-corrected chi connectivity index (χ4v) is 6.43. The molecule has 1 N–H and O–H groups in total. The van der Waals surface area contributed by atoms with Gasteiger partial charge in [-0.1, -0.05) is 0 Å². The number of carbonyl (C=O) groups is 1. The summed E-state index contributed by atoms with van der Waals surface area (Å²) in [7, 11) is -2.03. The summed E-state index contributed by atoms with van der Waals surface area (Å²) in [5.41, 5.74) is 0. The third kappa shape index (κ3) is 5.86. The van der Waals surface area contributed by atoms with Crippen molar-refractivity contribution in [1.29, 1.82) is 0 Å². The second-order valence-corrected chi connectivity index (χ2v) is 10.9. The number of amides is 1. The lowest BCUT2D eigenvalue weighted by atomic mass is 9.95. The summed E-state index contributed by atoms with van der Waals surface area (Å²) in [4.78, 5) is 15.6. The fraction of sp³-hybridized carbons (Fsp3) is 0.696. The van der Waals surface area contributed by atoms with Gasteiger partial charge in [-0.15, -0.1) is 0 Å². The minimum Gasteiger partial charge on any atom is -0.497 e. The van der Waals surface area contributed by atoms with Gasteiger partial charge in [0.2, 0.25) is 15.9 Å². The predicted octanol–water partition coefficient (Wildman–Crippen LogP) is 0.949. The molecule has 0 radical (unpaired) electrons. The molecule has 3 heterocycles. The number of nitrogens with one attached hydrogen (secondary N) is 1. The first kappa shape index (κ1) is 24.4. The van der Waals surface area contributed by atoms with E-state index >= 15 is 0 Å². The lowest BCUT2D eigenvalue weighted by Gasteiger charge is -2.38. The van der Waals surface area contributed by atoms with Crippen molar-refractivity contribution in [1.82, 2.24) is 14.5 Å². The molecule has 3 saturated heterocycles. The van der Waals surface area contributed by atoms with Gasteiger partial charge in [0.1, 0.15) is 5.75 Å². The van der Waals surface area contributed by atoms with Gasteiger partial charge in [-0.3, -0.25) is 9.69 Å². The normalized spacial score (nSPS) is 24.5. The molecule has 3 aliphatic heterocycles. The van der Waals surface area contributed by atoms with E-state index in [2.05, 4.69) is 10.2 Å². The first-order chi connectivity index (χ1) is 16.0. The summed E-state index contributed by atoms with van der Waals surface area (Å²) in [6.07, 6.45) is 2.06. The van der Waals surface area contributed by atoms with Gasteiger partial charge in [0.15, 0.2) is 0 Å². The Morgan fingerprint density at radius 1 is 1.06 bits per heavy atom. The molecule has 4 rings (SSSR count). The summed E-state index contributed by atoms with van der Waals surface area (Å²) >= 11 is 0. The first-order valence-corrected chi connectivity index (χ1v) is 13.2. The quantitative estimate of drug-likeness (QED) is 0.590. The van der Waals surface area contributed by atoms with Crippen LogP contribution in [0.1, 0.15) is 19.3 Å². The summed E-state index contributed by atoms with van der Waals surface area (Å²) in [5, 5.41) is 3.17. The molecule has 0 aliphatic carbocycles. The van der Waals surface area contributed by atoms with Crippen LogP contribution >= 0.6 is 0 Å². The zero-order valence-electron chi connectivity index (χ0n) is 19.3. The van der Waals surface area contributed by atoms with Crippen LogP contribution in [0.4, 0.5) is 0 Å². The van der Waals surface area contributed by atoms with E-state index in [-0.39, 0.29) is 22.8 Å². The molecular weight excluding hydrogens is 446 g/mol. The minimum absolute atomic E-state index is 0.0219. The highest BCUT2D eigenvalue weighted by atomic mass is 32.2. The number of hydrogen-bond acceptors (Lipinski definition) is 7. The summed E-state index contributed by atoms with van der Waals surface area (Å²) in [5.74, 6) is 0.884. The van der Waals surface area contributed by atoms with Gasteiger partial charge in [-0.2, -0.15) is 4.31 Å². The van der Waals surface area contributed by atoms with Crippen molar-refractivity contribution < 1.29 is 27.4 Å². The zero-order valence-corrected chi connectivity index (χ0v) is 20.1. The van der Waals surface area contributed by atoms with Crippen LogP contribution in [0.5, 0.6) is 5.75 Å². The number of carbonyl (C=O) groups excluding carboxylic acids is 1. The second-order valence-electron chi connectivity index (χ2n) is 8.94. The molecule has 1 amide bonds. The highest BCUT2D eigenvalue weighted by Crippen LogP contribution is 2.26. The maximum atomic E-state index is 13.0. The van der Waals surface area contributed by atoms with E-state index in [0.29, 0.717) is 44.1 Å². The molecule has 9 nitrogen and oxygen atoms in total. The molecule has 3 aliphatic rings. The van der Waals surface area contributed by atoms with Crippen molar-refractivity contribution in [3.05, 3.63) is 24.3 Å². The number of sulfonamides is 1. The topological polar surface area (TPSA) is 97.4 Å². The van der Waals surface area contributed by atoms with Crippen LogP contribution in [-0.4, -0.2) is 95.8 Å². The van der Waals surface area contributed by atoms with E-state index in [1.807, 2.05) is 0 Å². The van der Waals surface area contributed by atoms with Gasteiger partial charge in [-0.05, 0) is 43.5 Å². The van der Waals surface area contributed by atoms with Crippen molar-refractivity contribution in [3.63, 3.8) is 0 Å². The number of piperidine rings is 1. The van der Waals surface area contributed by atoms with Crippen LogP contribution in [0.25, 0.3) is 0 Å². The molecule has 1 aromatic carbocycles. The Morgan fingerprint density at radius 3 is 2.36 bits per heavy atom. The van der Waals surface area contributed by atoms with Crippen molar-refractivity contribution >= 4 is 15.9 Å². The number of methoxy groups -OCH3 is 1. The third-order valence-corrected chi connectivity index (χ3v) is 8.94. The number of benzene rings is 1. The van der Waals surface area contributed by atoms with Crippen LogP contribution in [0.2, 0.25) is 0 Å². The van der Waals surface area contributed by atoms with Gasteiger partial charge in [0.05, 0.1) is 31.8 Å². The molecule has 0 aromatic heterocycles. The Bertz CT molecular complexity index is 874. The van der Waals surface area contributed by atoms with Gasteiger partial charge < -0.3 is 19.5 Å². The second kappa shape index (κ2) is 11.1. The average molecular weight is 482 g/mol. The van der Waals surface area contributed by atoms with Crippen molar-refractivity contribution in [3.8, 4) is 5.75 Å². The summed E-state index contributed by atoms with van der Waals surface area (Å²) < 4.78 is 43.6. The van der Waals surface area contributed by atoms with Crippen LogP contribution in [0.15, 0.2) is 29.2 Å². The Balaban J connectivity index is 1.30. The largest absolute Gasteiger partial charge is 0.497 e. The number of morpholine rings is 1. The Kier molecular flexibility index (Phi) is 8.24. The number of rotatable bonds is 8. The lowest BCUT2D eigenvalue weighted by Crippen LogP contribution is -2.53. The smallest absolute Gasteiger partial charge is 0.243 e. The van der Waals surface area contributed by atoms with E-state index in [1.54, 1.807) is 31.4 Å². The molecular formula is C23H35N3O6S. The highest BCUT2D eigenvalue weighted by molar-refractivity contribution is 7.89. The molecule has 2 unspecified atom stereocenters. The molecule has 0 saturated carbocycles. The third-order valence-electron chi connectivity index (χ3n) is 7.03. The van der Waals surface area contributed by atoms with Gasteiger partial charge in [-0.25, -0.2) is 8.42 Å². The summed E-state index contributed by atoms with van der Waals surface area (Å²) in [6, 6.07) is 6.66. The Hall–Kier alpha value is -1.72. The molecule has 10 heteroatoms. The molecule has 3 fully saturated rings. The van der Waals surface area contributed by atoms with Crippen LogP contribution < -0.4 is 10.1 Å². The predicted molar refractivity (Wildman–Crippen MR) is 123 cm³/mol. The first-order valence-electron chi connectivity index (χ1n) is 11.8. The minimum atomic E-state index is -3.57. The van der Waals surface area contributed by atoms with E-state index in [0.717, 1.165) is 45.9 Å². The number of nitrogens with zero attached hydrogens (tertiary/aromatic N) is 2. The molecule has 2 atom stereocenters. The van der Waals surface area contributed by atoms with Gasteiger partial charge >= 0.3 is 0 Å². The van der Waals surface area contributed by atoms with E-state index in [9.17, 15) is 13.2 Å². The van der Waals surface area contributed by atoms with Crippen molar-refractivity contribution in [2.75, 3.05) is 66.3 Å². The Labute approximate surface area is 196 Å². The Morgan fingerprint density at radius 2 is 1.76 bits per heavy atom. The van der Waals surface area contributed by atoms with Crippen LogP contribution in [0.3, 0.4) is 0 Å². The van der Waals surface area contributed by atoms with Gasteiger partial charge in [0, 0.05) is 57.2 Å². The maximum absolute atomic E-state index is 13.0. The van der Waals surface area contributed by atoms with Crippen molar-refractivity contribution in [2.45, 2.75) is 30.2 Å². The van der Waals surface area contributed by atoms with Gasteiger partial charge in [0.25, 0.3) is 0 Å². The van der Waals surface area contributed by atoms with E-state index in [4.69, 9.17) is 14.2 Å². The maximum Gasteiger partial charge on any atom is 0.243 e. The standard InChI is InChI=1S/C23H35N3O6S/c1-30-20-2-4-21(5-3-20)33(28,29)26-9-6-18(7-10-26)23(27)24-16-22(19-8-13-32-17-19)25-11-14-31-15-12-25/h2-5,18-19,22H,6-17H2,1H3,(H,24,27). The molecule has 1 aromatic rings. The van der Waals surface area contributed by atoms with Crippen LogP contribution in [0, 0.1) is 11.8 Å². The lowest BCUT2D eigenvalue weighted by molar-refractivity contribution is -0.126. The zero-order chi connectivity index (χ0) is 23.3. The van der Waals surface area contributed by atoms with Crippen LogP contribution in [-0.2, 0) is 24.3 Å². The SMILES string of the molecule is COc1ccc(S(=O)(=O)N2CCC(C(=O)NCC(C3CCOC3)N3CCOCC3)CC2)cc1. The molecule has 184 valence electrons. The van der Waals surface area contributed by atoms with E-state index < -0.39 is 10.0 Å². The van der Waals surface area contributed by atoms with E-state index in [1.165, 1.54) is 4.31 Å². The summed E-state index contributed by atoms with van der Waals surface area (Å²) in [6.45, 7) is 5.98. The number of ether oxygens (including phenoxy) is 3. The monoisotopic (exact) mass is 481 g/mol. The highest BCUT2D eigenvalue weighted by Gasteiger charge is 2.34. The number of hydrogen-bond donors (Lipinski definition) is 1. The average Bonchev–Trinajstić information content (AvgIpc) is 3.39. The molecule has 0 bridgehead atoms. The fourth-order valence-electron chi connectivity index (χ4n) is 4.96.